The minimum absolute atomic E-state index is 0.229. The Morgan fingerprint density at radius 1 is 1.12 bits per heavy atom. The number of aromatic nitrogens is 1. The zero-order valence-electron chi connectivity index (χ0n) is 15.7. The second-order valence-corrected chi connectivity index (χ2v) is 6.83. The summed E-state index contributed by atoms with van der Waals surface area (Å²) in [5, 5.41) is 4.82. The summed E-state index contributed by atoms with van der Waals surface area (Å²) in [6.45, 7) is 8.85. The molecule has 4 heteroatoms. The molecule has 134 valence electrons. The predicted octanol–water partition coefficient (Wildman–Crippen LogP) is 5.72. The van der Waals surface area contributed by atoms with Gasteiger partial charge in [-0.05, 0) is 59.5 Å². The van der Waals surface area contributed by atoms with Crippen molar-refractivity contribution in [2.75, 3.05) is 5.32 Å². The molecular formula is C22H24N2O2. The van der Waals surface area contributed by atoms with E-state index in [9.17, 15) is 4.79 Å². The molecule has 0 aliphatic heterocycles. The second-order valence-electron chi connectivity index (χ2n) is 6.83. The highest BCUT2D eigenvalue weighted by atomic mass is 16.5. The molecule has 4 nitrogen and oxygen atoms in total. The van der Waals surface area contributed by atoms with Crippen molar-refractivity contribution >= 4 is 22.7 Å². The molecule has 0 radical (unpaired) electrons. The van der Waals surface area contributed by atoms with Gasteiger partial charge in [0.1, 0.15) is 12.4 Å². The summed E-state index contributed by atoms with van der Waals surface area (Å²) in [5.41, 5.74) is 4.74. The number of hydrogen-bond acceptors (Lipinski definition) is 3. The number of anilines is 1. The predicted molar refractivity (Wildman–Crippen MR) is 106 cm³/mol. The summed E-state index contributed by atoms with van der Waals surface area (Å²) in [6.07, 6.45) is 1.22. The van der Waals surface area contributed by atoms with Gasteiger partial charge in [-0.1, -0.05) is 44.2 Å². The second kappa shape index (κ2) is 7.56. The molecule has 0 atom stereocenters. The number of benzene rings is 2. The van der Waals surface area contributed by atoms with Crippen molar-refractivity contribution < 1.29 is 9.53 Å². The zero-order valence-corrected chi connectivity index (χ0v) is 15.7. The molecule has 0 unspecified atom stereocenters. The Morgan fingerprint density at radius 3 is 2.54 bits per heavy atom. The summed E-state index contributed by atoms with van der Waals surface area (Å²) < 4.78 is 5.31. The Morgan fingerprint density at radius 2 is 1.85 bits per heavy atom. The smallest absolute Gasteiger partial charge is 0.413 e. The minimum atomic E-state index is -0.503. The number of aryl methyl sites for hydroxylation is 2. The third-order valence-electron chi connectivity index (χ3n) is 4.59. The number of carbonyl (C=O) groups excluding carboxylic acids is 1. The van der Waals surface area contributed by atoms with Gasteiger partial charge in [-0.3, -0.25) is 5.32 Å². The highest BCUT2D eigenvalue weighted by Crippen LogP contribution is 2.32. The average molecular weight is 348 g/mol. The van der Waals surface area contributed by atoms with E-state index in [2.05, 4.69) is 44.1 Å². The number of fused-ring (bicyclic) bond motifs is 1. The van der Waals surface area contributed by atoms with Crippen LogP contribution >= 0.6 is 0 Å². The molecule has 2 aromatic carbocycles. The maximum Gasteiger partial charge on any atom is 0.413 e. The molecule has 0 saturated heterocycles. The van der Waals surface area contributed by atoms with Crippen LogP contribution in [0.1, 0.15) is 42.0 Å². The van der Waals surface area contributed by atoms with E-state index in [1.165, 1.54) is 16.7 Å². The van der Waals surface area contributed by atoms with E-state index in [1.54, 1.807) is 6.20 Å². The Labute approximate surface area is 154 Å². The summed E-state index contributed by atoms with van der Waals surface area (Å²) in [6, 6.07) is 13.7. The van der Waals surface area contributed by atoms with E-state index < -0.39 is 6.09 Å². The van der Waals surface area contributed by atoms with Gasteiger partial charge in [0, 0.05) is 11.6 Å². The molecule has 0 aliphatic rings. The third-order valence-corrected chi connectivity index (χ3v) is 4.59. The van der Waals surface area contributed by atoms with Gasteiger partial charge in [0.15, 0.2) is 0 Å². The number of nitrogens with one attached hydrogen (secondary N) is 1. The fourth-order valence-electron chi connectivity index (χ4n) is 3.53. The molecule has 0 fully saturated rings. The van der Waals surface area contributed by atoms with Crippen molar-refractivity contribution in [1.82, 2.24) is 4.98 Å². The number of amides is 1. The zero-order chi connectivity index (χ0) is 18.7. The van der Waals surface area contributed by atoms with Crippen molar-refractivity contribution in [2.24, 2.45) is 0 Å². The third kappa shape index (κ3) is 3.69. The molecule has 0 saturated carbocycles. The molecule has 1 aromatic heterocycles. The molecule has 1 heterocycles. The highest BCUT2D eigenvalue weighted by molar-refractivity contribution is 6.00. The van der Waals surface area contributed by atoms with E-state index in [4.69, 9.17) is 4.74 Å². The molecule has 0 bridgehead atoms. The fraction of sp³-hybridized carbons (Fsp3) is 0.273. The lowest BCUT2D eigenvalue weighted by Gasteiger charge is -2.17. The minimum Gasteiger partial charge on any atom is -0.444 e. The van der Waals surface area contributed by atoms with Crippen LogP contribution in [0.3, 0.4) is 0 Å². The van der Waals surface area contributed by atoms with Crippen LogP contribution in [0.2, 0.25) is 0 Å². The van der Waals surface area contributed by atoms with Crippen LogP contribution in [0.5, 0.6) is 0 Å². The van der Waals surface area contributed by atoms with E-state index in [-0.39, 0.29) is 6.61 Å². The first kappa shape index (κ1) is 17.9. The lowest BCUT2D eigenvalue weighted by Crippen LogP contribution is -2.15. The quantitative estimate of drug-likeness (QED) is 0.655. The van der Waals surface area contributed by atoms with Crippen molar-refractivity contribution in [3.8, 4) is 0 Å². The highest BCUT2D eigenvalue weighted by Gasteiger charge is 2.15. The maximum atomic E-state index is 12.2. The monoisotopic (exact) mass is 348 g/mol. The van der Waals surface area contributed by atoms with Crippen molar-refractivity contribution in [2.45, 2.75) is 40.2 Å². The number of nitrogens with zero attached hydrogens (tertiary/aromatic N) is 1. The number of pyridine rings is 1. The Balaban J connectivity index is 1.85. The van der Waals surface area contributed by atoms with Crippen molar-refractivity contribution in [3.05, 3.63) is 70.9 Å². The van der Waals surface area contributed by atoms with Crippen LogP contribution in [0.25, 0.3) is 10.8 Å². The van der Waals surface area contributed by atoms with Crippen LogP contribution in [-0.4, -0.2) is 11.1 Å². The summed E-state index contributed by atoms with van der Waals surface area (Å²) >= 11 is 0. The van der Waals surface area contributed by atoms with Gasteiger partial charge in [0.05, 0.1) is 0 Å². The van der Waals surface area contributed by atoms with Crippen molar-refractivity contribution in [3.63, 3.8) is 0 Å². The van der Waals surface area contributed by atoms with E-state index in [0.717, 1.165) is 16.3 Å². The maximum absolute atomic E-state index is 12.2. The largest absolute Gasteiger partial charge is 0.444 e. The molecule has 3 aromatic rings. The number of ether oxygens (including phenoxy) is 1. The Kier molecular flexibility index (Phi) is 5.21. The number of carbonyl (C=O) groups is 1. The Bertz CT molecular complexity index is 934. The molecule has 3 rings (SSSR count). The van der Waals surface area contributed by atoms with Crippen LogP contribution in [0, 0.1) is 13.8 Å². The normalized spacial score (nSPS) is 11.0. The molecule has 26 heavy (non-hydrogen) atoms. The van der Waals surface area contributed by atoms with Crippen LogP contribution in [0.15, 0.2) is 48.7 Å². The Hall–Kier alpha value is -2.88. The van der Waals surface area contributed by atoms with Crippen LogP contribution in [-0.2, 0) is 11.3 Å². The van der Waals surface area contributed by atoms with E-state index in [1.807, 2.05) is 36.4 Å². The van der Waals surface area contributed by atoms with Gasteiger partial charge in [-0.15, -0.1) is 0 Å². The lowest BCUT2D eigenvalue weighted by atomic mass is 9.89. The topological polar surface area (TPSA) is 51.2 Å². The van der Waals surface area contributed by atoms with Gasteiger partial charge >= 0.3 is 6.09 Å². The molecule has 1 amide bonds. The molecule has 1 N–H and O–H groups in total. The lowest BCUT2D eigenvalue weighted by molar-refractivity contribution is 0.155. The van der Waals surface area contributed by atoms with Gasteiger partial charge in [-0.25, -0.2) is 9.78 Å². The molecular weight excluding hydrogens is 324 g/mol. The van der Waals surface area contributed by atoms with Gasteiger partial charge in [0.25, 0.3) is 0 Å². The standard InChI is InChI=1S/C22H24N2O2/c1-14(2)20-15(3)12-19-18(16(20)4)10-11-23-21(19)24-22(25)26-13-17-8-6-5-7-9-17/h5-12,14H,13H2,1-4H3,(H,23,24,25). The summed E-state index contributed by atoms with van der Waals surface area (Å²) in [7, 11) is 0. The first-order valence-corrected chi connectivity index (χ1v) is 8.84. The molecule has 0 spiro atoms. The first-order chi connectivity index (χ1) is 12.5. The van der Waals surface area contributed by atoms with Gasteiger partial charge < -0.3 is 4.74 Å². The van der Waals surface area contributed by atoms with Gasteiger partial charge in [-0.2, -0.15) is 0 Å². The fourth-order valence-corrected chi connectivity index (χ4v) is 3.53. The van der Waals surface area contributed by atoms with Gasteiger partial charge in [0.2, 0.25) is 0 Å². The molecule has 0 aliphatic carbocycles. The van der Waals surface area contributed by atoms with E-state index in [0.29, 0.717) is 11.7 Å². The first-order valence-electron chi connectivity index (χ1n) is 8.84. The SMILES string of the molecule is Cc1cc2c(NC(=O)OCc3ccccc3)nccc2c(C)c1C(C)C. The van der Waals surface area contributed by atoms with Crippen LogP contribution < -0.4 is 5.32 Å². The number of rotatable bonds is 4. The summed E-state index contributed by atoms with van der Waals surface area (Å²) in [5.74, 6) is 0.974. The van der Waals surface area contributed by atoms with Crippen molar-refractivity contribution in [1.29, 1.82) is 0 Å². The summed E-state index contributed by atoms with van der Waals surface area (Å²) in [4.78, 5) is 16.5. The number of hydrogen-bond donors (Lipinski definition) is 1. The van der Waals surface area contributed by atoms with Crippen LogP contribution in [0.4, 0.5) is 10.6 Å². The van der Waals surface area contributed by atoms with E-state index >= 15 is 0 Å². The average Bonchev–Trinajstić information content (AvgIpc) is 2.61.